The number of nitrogens with zero attached hydrogens (tertiary/aromatic N) is 3. The van der Waals surface area contributed by atoms with Crippen LogP contribution < -0.4 is 10.6 Å². The Morgan fingerprint density at radius 3 is 2.50 bits per heavy atom. The molecule has 7 nitrogen and oxygen atoms in total. The predicted molar refractivity (Wildman–Crippen MR) is 111 cm³/mol. The molecule has 0 bridgehead atoms. The largest absolute Gasteiger partial charge is 0.326 e. The molecule has 0 atom stereocenters. The van der Waals surface area contributed by atoms with Crippen LogP contribution in [0.5, 0.6) is 0 Å². The predicted octanol–water partition coefficient (Wildman–Crippen LogP) is 3.62. The van der Waals surface area contributed by atoms with E-state index in [9.17, 15) is 9.59 Å². The second kappa shape index (κ2) is 8.15. The van der Waals surface area contributed by atoms with Gasteiger partial charge < -0.3 is 15.2 Å². The van der Waals surface area contributed by atoms with E-state index in [4.69, 9.17) is 0 Å². The molecule has 1 aromatic carbocycles. The smallest absolute Gasteiger partial charge is 0.234 e. The third-order valence-corrected chi connectivity index (χ3v) is 6.18. The Hall–Kier alpha value is -2.65. The van der Waals surface area contributed by atoms with Gasteiger partial charge in [0.05, 0.1) is 10.6 Å². The molecule has 28 heavy (non-hydrogen) atoms. The van der Waals surface area contributed by atoms with E-state index in [-0.39, 0.29) is 23.5 Å². The fourth-order valence-corrected chi connectivity index (χ4v) is 4.07. The lowest BCUT2D eigenvalue weighted by Crippen LogP contribution is -2.15. The van der Waals surface area contributed by atoms with E-state index >= 15 is 0 Å². The maximum atomic E-state index is 12.2. The van der Waals surface area contributed by atoms with Gasteiger partial charge in [-0.1, -0.05) is 17.8 Å². The molecule has 0 saturated heterocycles. The number of thioether (sulfide) groups is 1. The fraction of sp³-hybridized carbons (Fsp3) is 0.263. The van der Waals surface area contributed by atoms with Crippen molar-refractivity contribution in [3.05, 3.63) is 41.8 Å². The fourth-order valence-electron chi connectivity index (χ4n) is 2.61. The zero-order chi connectivity index (χ0) is 19.5. The van der Waals surface area contributed by atoms with Crippen LogP contribution in [0.25, 0.3) is 10.7 Å². The Balaban J connectivity index is 1.29. The maximum Gasteiger partial charge on any atom is 0.234 e. The monoisotopic (exact) mass is 413 g/mol. The summed E-state index contributed by atoms with van der Waals surface area (Å²) in [6.45, 7) is 0. The van der Waals surface area contributed by atoms with Crippen molar-refractivity contribution < 1.29 is 9.59 Å². The first-order chi connectivity index (χ1) is 13.6. The minimum absolute atomic E-state index is 0.0683. The normalized spacial score (nSPS) is 13.3. The molecule has 0 unspecified atom stereocenters. The summed E-state index contributed by atoms with van der Waals surface area (Å²) in [5, 5.41) is 16.8. The van der Waals surface area contributed by atoms with Crippen molar-refractivity contribution in [1.29, 1.82) is 0 Å². The van der Waals surface area contributed by atoms with Gasteiger partial charge in [-0.15, -0.1) is 21.5 Å². The van der Waals surface area contributed by atoms with Gasteiger partial charge in [-0.3, -0.25) is 9.59 Å². The van der Waals surface area contributed by atoms with Gasteiger partial charge in [0.2, 0.25) is 11.8 Å². The van der Waals surface area contributed by atoms with Gasteiger partial charge >= 0.3 is 0 Å². The van der Waals surface area contributed by atoms with Gasteiger partial charge in [-0.25, -0.2) is 0 Å². The van der Waals surface area contributed by atoms with E-state index in [0.29, 0.717) is 10.8 Å². The summed E-state index contributed by atoms with van der Waals surface area (Å²) in [6.07, 6.45) is 1.94. The van der Waals surface area contributed by atoms with E-state index in [1.807, 2.05) is 29.1 Å². The molecule has 1 saturated carbocycles. The number of carbonyl (C=O) groups is 2. The SMILES string of the molecule is Cn1c(SCC(=O)Nc2ccc(NC(=O)C3CC3)cc2)nnc1-c1cccs1. The zero-order valence-electron chi connectivity index (χ0n) is 15.2. The van der Waals surface area contributed by atoms with Crippen LogP contribution in [0.3, 0.4) is 0 Å². The van der Waals surface area contributed by atoms with E-state index in [0.717, 1.165) is 29.2 Å². The van der Waals surface area contributed by atoms with Gasteiger partial charge in [-0.2, -0.15) is 0 Å². The molecule has 1 aliphatic carbocycles. The quantitative estimate of drug-likeness (QED) is 0.578. The molecule has 1 fully saturated rings. The number of hydrogen-bond acceptors (Lipinski definition) is 6. The van der Waals surface area contributed by atoms with Crippen molar-refractivity contribution in [2.75, 3.05) is 16.4 Å². The van der Waals surface area contributed by atoms with Gasteiger partial charge in [0.25, 0.3) is 0 Å². The molecular weight excluding hydrogens is 394 g/mol. The highest BCUT2D eigenvalue weighted by Gasteiger charge is 2.29. The first kappa shape index (κ1) is 18.7. The van der Waals surface area contributed by atoms with Crippen molar-refractivity contribution in [3.63, 3.8) is 0 Å². The third kappa shape index (κ3) is 4.42. The Bertz CT molecular complexity index is 978. The molecule has 1 aliphatic rings. The maximum absolute atomic E-state index is 12.2. The number of anilines is 2. The highest BCUT2D eigenvalue weighted by atomic mass is 32.2. The molecule has 9 heteroatoms. The van der Waals surface area contributed by atoms with Gasteiger partial charge in [-0.05, 0) is 48.6 Å². The number of nitrogens with one attached hydrogen (secondary N) is 2. The highest BCUT2D eigenvalue weighted by Crippen LogP contribution is 2.30. The Labute approximate surface area is 170 Å². The molecule has 144 valence electrons. The van der Waals surface area contributed by atoms with Crippen LogP contribution in [0.2, 0.25) is 0 Å². The van der Waals surface area contributed by atoms with Gasteiger partial charge in [0.15, 0.2) is 11.0 Å². The molecule has 2 aromatic heterocycles. The number of hydrogen-bond donors (Lipinski definition) is 2. The van der Waals surface area contributed by atoms with Crippen molar-refractivity contribution in [2.45, 2.75) is 18.0 Å². The molecule has 0 spiro atoms. The van der Waals surface area contributed by atoms with E-state index in [1.165, 1.54) is 11.8 Å². The van der Waals surface area contributed by atoms with Crippen molar-refractivity contribution in [3.8, 4) is 10.7 Å². The lowest BCUT2D eigenvalue weighted by molar-refractivity contribution is -0.117. The summed E-state index contributed by atoms with van der Waals surface area (Å²) in [5.41, 5.74) is 1.43. The summed E-state index contributed by atoms with van der Waals surface area (Å²) in [5.74, 6) is 1.13. The number of aromatic nitrogens is 3. The summed E-state index contributed by atoms with van der Waals surface area (Å²) in [7, 11) is 1.89. The van der Waals surface area contributed by atoms with Crippen LogP contribution in [-0.2, 0) is 16.6 Å². The zero-order valence-corrected chi connectivity index (χ0v) is 16.8. The molecule has 4 rings (SSSR count). The number of benzene rings is 1. The summed E-state index contributed by atoms with van der Waals surface area (Å²) in [4.78, 5) is 25.0. The Morgan fingerprint density at radius 2 is 1.86 bits per heavy atom. The minimum atomic E-state index is -0.125. The lowest BCUT2D eigenvalue weighted by Gasteiger charge is -2.08. The van der Waals surface area contributed by atoms with Crippen LogP contribution >= 0.6 is 23.1 Å². The van der Waals surface area contributed by atoms with Crippen molar-refractivity contribution in [1.82, 2.24) is 14.8 Å². The number of carbonyl (C=O) groups excluding carboxylic acids is 2. The number of rotatable bonds is 7. The number of thiophene rings is 1. The van der Waals surface area contributed by atoms with E-state index in [2.05, 4.69) is 20.8 Å². The summed E-state index contributed by atoms with van der Waals surface area (Å²) < 4.78 is 1.89. The molecule has 0 aliphatic heterocycles. The average molecular weight is 414 g/mol. The van der Waals surface area contributed by atoms with Crippen LogP contribution in [0.1, 0.15) is 12.8 Å². The molecule has 2 amide bonds. The Morgan fingerprint density at radius 1 is 1.14 bits per heavy atom. The van der Waals surface area contributed by atoms with Crippen LogP contribution in [-0.4, -0.2) is 32.3 Å². The molecular formula is C19H19N5O2S2. The number of amides is 2. The van der Waals surface area contributed by atoms with Crippen molar-refractivity contribution in [2.24, 2.45) is 13.0 Å². The summed E-state index contributed by atoms with van der Waals surface area (Å²) in [6, 6.07) is 11.1. The second-order valence-electron chi connectivity index (χ2n) is 6.52. The third-order valence-electron chi connectivity index (χ3n) is 4.29. The van der Waals surface area contributed by atoms with Crippen LogP contribution in [0, 0.1) is 5.92 Å². The Kier molecular flexibility index (Phi) is 5.45. The first-order valence-corrected chi connectivity index (χ1v) is 10.7. The highest BCUT2D eigenvalue weighted by molar-refractivity contribution is 7.99. The lowest BCUT2D eigenvalue weighted by atomic mass is 10.2. The minimum Gasteiger partial charge on any atom is -0.326 e. The van der Waals surface area contributed by atoms with Crippen LogP contribution in [0.4, 0.5) is 11.4 Å². The average Bonchev–Trinajstić information content (AvgIpc) is 3.29. The molecule has 2 heterocycles. The first-order valence-electron chi connectivity index (χ1n) is 8.87. The van der Waals surface area contributed by atoms with Crippen molar-refractivity contribution >= 4 is 46.3 Å². The van der Waals surface area contributed by atoms with Crippen LogP contribution in [0.15, 0.2) is 46.9 Å². The van der Waals surface area contributed by atoms with Gasteiger partial charge in [0.1, 0.15) is 0 Å². The standard InChI is InChI=1S/C19H19N5O2S2/c1-24-17(15-3-2-10-27-15)22-23-19(24)28-11-16(25)20-13-6-8-14(9-7-13)21-18(26)12-4-5-12/h2-3,6-10,12H,4-5,11H2,1H3,(H,20,25)(H,21,26). The van der Waals surface area contributed by atoms with Gasteiger partial charge in [0, 0.05) is 24.3 Å². The summed E-state index contributed by atoms with van der Waals surface area (Å²) >= 11 is 2.94. The second-order valence-corrected chi connectivity index (χ2v) is 8.41. The molecule has 3 aromatic rings. The molecule has 2 N–H and O–H groups in total. The molecule has 0 radical (unpaired) electrons. The topological polar surface area (TPSA) is 88.9 Å². The van der Waals surface area contributed by atoms with E-state index in [1.54, 1.807) is 35.6 Å². The van der Waals surface area contributed by atoms with E-state index < -0.39 is 0 Å².